The van der Waals surface area contributed by atoms with Gasteiger partial charge in [0.05, 0.1) is 5.56 Å². The third-order valence-electron chi connectivity index (χ3n) is 5.88. The van der Waals surface area contributed by atoms with Crippen LogP contribution in [-0.2, 0) is 0 Å². The van der Waals surface area contributed by atoms with E-state index >= 15 is 0 Å². The topological polar surface area (TPSA) is 55.6 Å². The number of nitrogens with zero attached hydrogens (tertiary/aromatic N) is 2. The summed E-state index contributed by atoms with van der Waals surface area (Å²) < 4.78 is 8.64. The fourth-order valence-corrected chi connectivity index (χ4v) is 4.56. The van der Waals surface area contributed by atoms with E-state index in [1.54, 1.807) is 12.1 Å². The number of hydrogen-bond donors (Lipinski definition) is 1. The lowest BCUT2D eigenvalue weighted by Crippen LogP contribution is -2.23. The molecule has 0 spiro atoms. The van der Waals surface area contributed by atoms with Gasteiger partial charge in [-0.2, -0.15) is 0 Å². The number of carbonyl (C=O) groups excluding carboxylic acids is 1. The van der Waals surface area contributed by atoms with E-state index in [1.807, 2.05) is 60.8 Å². The number of imidazole rings is 1. The van der Waals surface area contributed by atoms with Gasteiger partial charge in [-0.1, -0.05) is 37.5 Å². The van der Waals surface area contributed by atoms with Crippen molar-refractivity contribution >= 4 is 33.4 Å². The largest absolute Gasteiger partial charge is 0.423 e. The SMILES string of the molecule is O=C(Oc1ccc(-c2nc3ccc(Br)cn3c2NC2CCCCC2)cc1)c1ccccc1. The van der Waals surface area contributed by atoms with E-state index in [2.05, 4.69) is 25.6 Å². The van der Waals surface area contributed by atoms with Crippen LogP contribution in [0, 0.1) is 0 Å². The van der Waals surface area contributed by atoms with Crippen molar-refractivity contribution in [2.75, 3.05) is 5.32 Å². The highest BCUT2D eigenvalue weighted by molar-refractivity contribution is 9.10. The van der Waals surface area contributed by atoms with Crippen molar-refractivity contribution in [2.24, 2.45) is 0 Å². The highest BCUT2D eigenvalue weighted by Gasteiger charge is 2.20. The Morgan fingerprint density at radius 1 is 0.969 bits per heavy atom. The van der Waals surface area contributed by atoms with E-state index in [4.69, 9.17) is 9.72 Å². The number of fused-ring (bicyclic) bond motifs is 1. The number of ether oxygens (including phenoxy) is 1. The molecular weight excluding hydrogens is 466 g/mol. The van der Waals surface area contributed by atoms with E-state index in [-0.39, 0.29) is 5.97 Å². The zero-order valence-electron chi connectivity index (χ0n) is 17.6. The molecule has 0 aliphatic heterocycles. The van der Waals surface area contributed by atoms with Gasteiger partial charge in [-0.05, 0) is 77.3 Å². The van der Waals surface area contributed by atoms with Gasteiger partial charge >= 0.3 is 5.97 Å². The number of pyridine rings is 1. The molecule has 0 bridgehead atoms. The summed E-state index contributed by atoms with van der Waals surface area (Å²) in [6.07, 6.45) is 8.23. The fourth-order valence-electron chi connectivity index (χ4n) is 4.22. The maximum absolute atomic E-state index is 12.3. The zero-order chi connectivity index (χ0) is 21.9. The van der Waals surface area contributed by atoms with Crippen molar-refractivity contribution in [3.05, 3.63) is 83.0 Å². The fraction of sp³-hybridized carbons (Fsp3) is 0.231. The van der Waals surface area contributed by atoms with Gasteiger partial charge in [0, 0.05) is 22.3 Å². The maximum atomic E-state index is 12.3. The zero-order valence-corrected chi connectivity index (χ0v) is 19.2. The number of benzene rings is 2. The maximum Gasteiger partial charge on any atom is 0.343 e. The average Bonchev–Trinajstić information content (AvgIpc) is 3.18. The summed E-state index contributed by atoms with van der Waals surface area (Å²) in [4.78, 5) is 17.2. The second-order valence-corrected chi connectivity index (χ2v) is 9.06. The standard InChI is InChI=1S/C26H24BrN3O2/c27-20-13-16-23-29-24(25(30(23)17-20)28-21-9-5-2-6-10-21)18-11-14-22(15-12-18)32-26(31)19-7-3-1-4-8-19/h1,3-4,7-8,11-17,21,28H,2,5-6,9-10H2. The summed E-state index contributed by atoms with van der Waals surface area (Å²) in [6.45, 7) is 0. The first kappa shape index (κ1) is 20.8. The third-order valence-corrected chi connectivity index (χ3v) is 6.35. The van der Waals surface area contributed by atoms with E-state index in [1.165, 1.54) is 32.1 Å². The molecule has 1 saturated carbocycles. The number of anilines is 1. The summed E-state index contributed by atoms with van der Waals surface area (Å²) in [7, 11) is 0. The van der Waals surface area contributed by atoms with Gasteiger partial charge in [0.2, 0.25) is 0 Å². The number of esters is 1. The summed E-state index contributed by atoms with van der Waals surface area (Å²) in [5.41, 5.74) is 3.29. The smallest absolute Gasteiger partial charge is 0.343 e. The molecule has 6 heteroatoms. The number of rotatable bonds is 5. The Balaban J connectivity index is 1.44. The van der Waals surface area contributed by atoms with Crippen LogP contribution < -0.4 is 10.1 Å². The number of aromatic nitrogens is 2. The second-order valence-electron chi connectivity index (χ2n) is 8.14. The van der Waals surface area contributed by atoms with Gasteiger partial charge in [0.1, 0.15) is 22.9 Å². The molecule has 1 aliphatic rings. The molecule has 1 aliphatic carbocycles. The normalized spacial score (nSPS) is 14.4. The van der Waals surface area contributed by atoms with E-state index < -0.39 is 0 Å². The molecule has 0 unspecified atom stereocenters. The number of halogens is 1. The molecule has 0 radical (unpaired) electrons. The van der Waals surface area contributed by atoms with Crippen molar-refractivity contribution in [3.63, 3.8) is 0 Å². The van der Waals surface area contributed by atoms with E-state index in [9.17, 15) is 4.79 Å². The van der Waals surface area contributed by atoms with E-state index in [0.29, 0.717) is 17.4 Å². The van der Waals surface area contributed by atoms with Crippen LogP contribution in [0.15, 0.2) is 77.4 Å². The Morgan fingerprint density at radius 3 is 2.47 bits per heavy atom. The van der Waals surface area contributed by atoms with Crippen LogP contribution in [0.3, 0.4) is 0 Å². The average molecular weight is 490 g/mol. The van der Waals surface area contributed by atoms with Crippen molar-refractivity contribution in [1.29, 1.82) is 0 Å². The van der Waals surface area contributed by atoms with Crippen molar-refractivity contribution in [2.45, 2.75) is 38.1 Å². The van der Waals surface area contributed by atoms with Gasteiger partial charge in [0.25, 0.3) is 0 Å². The van der Waals surface area contributed by atoms with Gasteiger partial charge in [0.15, 0.2) is 0 Å². The first-order valence-corrected chi connectivity index (χ1v) is 11.8. The highest BCUT2D eigenvalue weighted by atomic mass is 79.9. The van der Waals surface area contributed by atoms with Gasteiger partial charge in [-0.15, -0.1) is 0 Å². The van der Waals surface area contributed by atoms with E-state index in [0.717, 1.165) is 27.2 Å². The van der Waals surface area contributed by atoms with Gasteiger partial charge in [-0.3, -0.25) is 4.40 Å². The molecule has 162 valence electrons. The molecular formula is C26H24BrN3O2. The third kappa shape index (κ3) is 4.41. The van der Waals surface area contributed by atoms with Crippen LogP contribution >= 0.6 is 15.9 Å². The molecule has 32 heavy (non-hydrogen) atoms. The first-order chi connectivity index (χ1) is 15.7. The minimum absolute atomic E-state index is 0.365. The minimum Gasteiger partial charge on any atom is -0.423 e. The molecule has 5 nitrogen and oxygen atoms in total. The lowest BCUT2D eigenvalue weighted by molar-refractivity contribution is 0.0735. The monoisotopic (exact) mass is 489 g/mol. The van der Waals surface area contributed by atoms with Crippen LogP contribution in [0.25, 0.3) is 16.9 Å². The number of carbonyl (C=O) groups is 1. The van der Waals surface area contributed by atoms with Crippen molar-refractivity contribution in [3.8, 4) is 17.0 Å². The molecule has 5 rings (SSSR count). The molecule has 1 fully saturated rings. The van der Waals surface area contributed by atoms with Crippen LogP contribution in [0.1, 0.15) is 42.5 Å². The lowest BCUT2D eigenvalue weighted by Gasteiger charge is -2.24. The Kier molecular flexibility index (Phi) is 5.95. The quantitative estimate of drug-likeness (QED) is 0.249. The molecule has 2 heterocycles. The number of nitrogens with one attached hydrogen (secondary N) is 1. The van der Waals surface area contributed by atoms with Crippen LogP contribution in [-0.4, -0.2) is 21.4 Å². The van der Waals surface area contributed by atoms with Crippen LogP contribution in [0.5, 0.6) is 5.75 Å². The molecule has 0 amide bonds. The lowest BCUT2D eigenvalue weighted by atomic mass is 9.95. The Morgan fingerprint density at radius 2 is 1.72 bits per heavy atom. The molecule has 2 aromatic heterocycles. The van der Waals surface area contributed by atoms with Gasteiger partial charge < -0.3 is 10.1 Å². The Labute approximate surface area is 195 Å². The predicted molar refractivity (Wildman–Crippen MR) is 130 cm³/mol. The Bertz CT molecular complexity index is 1230. The summed E-state index contributed by atoms with van der Waals surface area (Å²) >= 11 is 3.58. The number of hydrogen-bond acceptors (Lipinski definition) is 4. The minimum atomic E-state index is -0.365. The first-order valence-electron chi connectivity index (χ1n) is 11.0. The molecule has 1 N–H and O–H groups in total. The Hall–Kier alpha value is -3.12. The molecule has 0 atom stereocenters. The van der Waals surface area contributed by atoms with Crippen molar-refractivity contribution in [1.82, 2.24) is 9.38 Å². The highest BCUT2D eigenvalue weighted by Crippen LogP contribution is 2.33. The summed E-state index contributed by atoms with van der Waals surface area (Å²) in [5.74, 6) is 1.15. The van der Waals surface area contributed by atoms with Gasteiger partial charge in [-0.25, -0.2) is 9.78 Å². The van der Waals surface area contributed by atoms with Crippen LogP contribution in [0.2, 0.25) is 0 Å². The second kappa shape index (κ2) is 9.17. The molecule has 2 aromatic carbocycles. The molecule has 0 saturated heterocycles. The summed E-state index contributed by atoms with van der Waals surface area (Å²) in [5, 5.41) is 3.76. The predicted octanol–water partition coefficient (Wildman–Crippen LogP) is 6.73. The molecule has 4 aromatic rings. The van der Waals surface area contributed by atoms with Crippen molar-refractivity contribution < 1.29 is 9.53 Å². The summed E-state index contributed by atoms with van der Waals surface area (Å²) in [6, 6.07) is 21.0. The van der Waals surface area contributed by atoms with Crippen LogP contribution in [0.4, 0.5) is 5.82 Å².